The van der Waals surface area contributed by atoms with Crippen LogP contribution in [0.2, 0.25) is 0 Å². The first-order valence-corrected chi connectivity index (χ1v) is 6.79. The quantitative estimate of drug-likeness (QED) is 0.842. The van der Waals surface area contributed by atoms with Crippen LogP contribution in [0.3, 0.4) is 0 Å². The molecule has 0 spiro atoms. The van der Waals surface area contributed by atoms with Crippen molar-refractivity contribution in [3.05, 3.63) is 61.8 Å². The zero-order chi connectivity index (χ0) is 14.0. The summed E-state index contributed by atoms with van der Waals surface area (Å²) in [6.45, 7) is 6.21. The van der Waals surface area contributed by atoms with Crippen LogP contribution < -0.4 is 5.56 Å². The van der Waals surface area contributed by atoms with Crippen LogP contribution in [0, 0.1) is 11.7 Å². The molecule has 0 aliphatic heterocycles. The van der Waals surface area contributed by atoms with E-state index in [-0.39, 0.29) is 5.56 Å². The summed E-state index contributed by atoms with van der Waals surface area (Å²) in [6, 6.07) is 8.40. The molecule has 0 aliphatic carbocycles. The molecule has 19 heavy (non-hydrogen) atoms. The Kier molecular flexibility index (Phi) is 4.00. The summed E-state index contributed by atoms with van der Waals surface area (Å²) in [7, 11) is 0. The highest BCUT2D eigenvalue weighted by Gasteiger charge is 2.06. The number of rotatable bonds is 3. The van der Waals surface area contributed by atoms with Crippen LogP contribution in [-0.4, -0.2) is 9.97 Å². The number of hydrogen-bond acceptors (Lipinski definition) is 2. The van der Waals surface area contributed by atoms with Crippen LogP contribution in [0.5, 0.6) is 0 Å². The first kappa shape index (κ1) is 13.7. The molecule has 4 heteroatoms. The van der Waals surface area contributed by atoms with Gasteiger partial charge >= 0.3 is 0 Å². The van der Waals surface area contributed by atoms with Crippen molar-refractivity contribution in [1.82, 2.24) is 9.97 Å². The Bertz CT molecular complexity index is 681. The van der Waals surface area contributed by atoms with Crippen molar-refractivity contribution in [3.63, 3.8) is 0 Å². The first-order chi connectivity index (χ1) is 8.97. The number of H-pyrrole nitrogens is 2. The van der Waals surface area contributed by atoms with Crippen LogP contribution in [0.1, 0.15) is 42.1 Å². The smallest absolute Gasteiger partial charge is 0.255 e. The summed E-state index contributed by atoms with van der Waals surface area (Å²) < 4.78 is 0.376. The van der Waals surface area contributed by atoms with E-state index in [1.807, 2.05) is 6.92 Å². The lowest BCUT2D eigenvalue weighted by Crippen LogP contribution is -2.16. The standard InChI is InChI=1S/C15H18N2OS/c1-9(2)12-6-4-11(5-7-12)8-13-10(3)16-15(19)17-14(13)18/h4-7,9H,8H2,1-3H3,(H2,16,17,18,19). The fourth-order valence-electron chi connectivity index (χ4n) is 2.06. The highest BCUT2D eigenvalue weighted by atomic mass is 32.1. The SMILES string of the molecule is Cc1[nH]c(=S)[nH]c(=O)c1Cc1ccc(C(C)C)cc1. The molecular weight excluding hydrogens is 256 g/mol. The summed E-state index contributed by atoms with van der Waals surface area (Å²) in [5, 5.41) is 0. The molecule has 0 atom stereocenters. The number of aromatic amines is 2. The van der Waals surface area contributed by atoms with E-state index in [1.54, 1.807) is 0 Å². The molecular formula is C15H18N2OS. The molecule has 2 aromatic rings. The average Bonchev–Trinajstić information content (AvgIpc) is 2.34. The van der Waals surface area contributed by atoms with E-state index >= 15 is 0 Å². The van der Waals surface area contributed by atoms with Crippen molar-refractivity contribution in [2.24, 2.45) is 0 Å². The third-order valence-corrected chi connectivity index (χ3v) is 3.49. The zero-order valence-corrected chi connectivity index (χ0v) is 12.2. The third kappa shape index (κ3) is 3.20. The monoisotopic (exact) mass is 274 g/mol. The van der Waals surface area contributed by atoms with Gasteiger partial charge in [-0.2, -0.15) is 0 Å². The number of nitrogens with one attached hydrogen (secondary N) is 2. The molecule has 100 valence electrons. The van der Waals surface area contributed by atoms with Crippen LogP contribution in [-0.2, 0) is 6.42 Å². The second-order valence-corrected chi connectivity index (χ2v) is 5.49. The lowest BCUT2D eigenvalue weighted by atomic mass is 9.99. The Morgan fingerprint density at radius 1 is 1.16 bits per heavy atom. The number of aryl methyl sites for hydroxylation is 1. The summed E-state index contributed by atoms with van der Waals surface area (Å²) in [5.41, 5.74) is 3.91. The lowest BCUT2D eigenvalue weighted by Gasteiger charge is -2.08. The largest absolute Gasteiger partial charge is 0.336 e. The van der Waals surface area contributed by atoms with Crippen LogP contribution >= 0.6 is 12.2 Å². The van der Waals surface area contributed by atoms with Crippen molar-refractivity contribution in [2.45, 2.75) is 33.1 Å². The molecule has 0 radical (unpaired) electrons. The van der Waals surface area contributed by atoms with E-state index in [0.717, 1.165) is 16.8 Å². The summed E-state index contributed by atoms with van der Waals surface area (Å²) >= 11 is 4.95. The van der Waals surface area contributed by atoms with Gasteiger partial charge < -0.3 is 4.98 Å². The fourth-order valence-corrected chi connectivity index (χ4v) is 2.31. The van der Waals surface area contributed by atoms with E-state index in [2.05, 4.69) is 48.1 Å². The maximum atomic E-state index is 11.9. The van der Waals surface area contributed by atoms with Crippen molar-refractivity contribution in [2.75, 3.05) is 0 Å². The van der Waals surface area contributed by atoms with Crippen molar-refractivity contribution in [1.29, 1.82) is 0 Å². The van der Waals surface area contributed by atoms with Crippen molar-refractivity contribution < 1.29 is 0 Å². The van der Waals surface area contributed by atoms with Gasteiger partial charge in [0, 0.05) is 17.7 Å². The van der Waals surface area contributed by atoms with Gasteiger partial charge in [-0.1, -0.05) is 38.1 Å². The Hall–Kier alpha value is -1.68. The summed E-state index contributed by atoms with van der Waals surface area (Å²) in [6.07, 6.45) is 0.617. The maximum absolute atomic E-state index is 11.9. The molecule has 1 aromatic carbocycles. The minimum Gasteiger partial charge on any atom is -0.336 e. The maximum Gasteiger partial charge on any atom is 0.255 e. The lowest BCUT2D eigenvalue weighted by molar-refractivity contribution is 0.864. The number of aromatic nitrogens is 2. The van der Waals surface area contributed by atoms with Gasteiger partial charge in [-0.3, -0.25) is 9.78 Å². The van der Waals surface area contributed by atoms with Gasteiger partial charge in [-0.15, -0.1) is 0 Å². The highest BCUT2D eigenvalue weighted by molar-refractivity contribution is 7.71. The summed E-state index contributed by atoms with van der Waals surface area (Å²) in [5.74, 6) is 0.520. The van der Waals surface area contributed by atoms with Crippen LogP contribution in [0.25, 0.3) is 0 Å². The second-order valence-electron chi connectivity index (χ2n) is 5.08. The van der Waals surface area contributed by atoms with E-state index < -0.39 is 0 Å². The van der Waals surface area contributed by atoms with Crippen LogP contribution in [0.15, 0.2) is 29.1 Å². The molecule has 0 fully saturated rings. The first-order valence-electron chi connectivity index (χ1n) is 6.38. The van der Waals surface area contributed by atoms with Gasteiger partial charge in [0.15, 0.2) is 4.77 Å². The predicted octanol–water partition coefficient (Wildman–Crippen LogP) is 3.46. The van der Waals surface area contributed by atoms with Gasteiger partial charge in [0.1, 0.15) is 0 Å². The van der Waals surface area contributed by atoms with E-state index in [0.29, 0.717) is 17.1 Å². The van der Waals surface area contributed by atoms with E-state index in [1.165, 1.54) is 5.56 Å². The average molecular weight is 274 g/mol. The molecule has 0 unspecified atom stereocenters. The number of hydrogen-bond donors (Lipinski definition) is 2. The van der Waals surface area contributed by atoms with Gasteiger partial charge in [0.05, 0.1) is 0 Å². The molecule has 0 saturated carbocycles. The molecule has 2 rings (SSSR count). The minimum absolute atomic E-state index is 0.103. The molecule has 0 saturated heterocycles. The Labute approximate surface area is 117 Å². The normalized spacial score (nSPS) is 10.9. The molecule has 2 N–H and O–H groups in total. The molecule has 0 bridgehead atoms. The van der Waals surface area contributed by atoms with Crippen molar-refractivity contribution >= 4 is 12.2 Å². The molecule has 1 heterocycles. The molecule has 3 nitrogen and oxygen atoms in total. The topological polar surface area (TPSA) is 48.6 Å². The predicted molar refractivity (Wildman–Crippen MR) is 80.3 cm³/mol. The van der Waals surface area contributed by atoms with Gasteiger partial charge in [-0.25, -0.2) is 0 Å². The minimum atomic E-state index is -0.103. The fraction of sp³-hybridized carbons (Fsp3) is 0.333. The number of benzene rings is 1. The Morgan fingerprint density at radius 3 is 2.32 bits per heavy atom. The Morgan fingerprint density at radius 2 is 1.79 bits per heavy atom. The molecule has 0 amide bonds. The second kappa shape index (κ2) is 5.53. The van der Waals surface area contributed by atoms with Gasteiger partial charge in [0.25, 0.3) is 5.56 Å². The molecule has 0 aliphatic rings. The third-order valence-electron chi connectivity index (χ3n) is 3.28. The highest BCUT2D eigenvalue weighted by Crippen LogP contribution is 2.16. The Balaban J connectivity index is 2.31. The summed E-state index contributed by atoms with van der Waals surface area (Å²) in [4.78, 5) is 17.5. The van der Waals surface area contributed by atoms with Gasteiger partial charge in [-0.05, 0) is 36.2 Å². The van der Waals surface area contributed by atoms with Gasteiger partial charge in [0.2, 0.25) is 0 Å². The van der Waals surface area contributed by atoms with Crippen LogP contribution in [0.4, 0.5) is 0 Å². The van der Waals surface area contributed by atoms with E-state index in [4.69, 9.17) is 12.2 Å². The molecule has 1 aromatic heterocycles. The zero-order valence-electron chi connectivity index (χ0n) is 11.4. The van der Waals surface area contributed by atoms with Crippen molar-refractivity contribution in [3.8, 4) is 0 Å². The van der Waals surface area contributed by atoms with E-state index in [9.17, 15) is 4.79 Å².